The van der Waals surface area contributed by atoms with Gasteiger partial charge in [-0.15, -0.1) is 0 Å². The Kier molecular flexibility index (Phi) is 5.00. The molecular weight excluding hydrogens is 470 g/mol. The van der Waals surface area contributed by atoms with Gasteiger partial charge in [-0.2, -0.15) is 0 Å². The van der Waals surface area contributed by atoms with Gasteiger partial charge in [0.05, 0.1) is 0 Å². The van der Waals surface area contributed by atoms with Crippen LogP contribution in [0.3, 0.4) is 0 Å². The number of fused-ring (bicyclic) bond motifs is 2. The van der Waals surface area contributed by atoms with E-state index in [2.05, 4.69) is 112 Å². The number of amidine groups is 2. The van der Waals surface area contributed by atoms with E-state index in [1.807, 2.05) is 18.2 Å². The van der Waals surface area contributed by atoms with Crippen molar-refractivity contribution >= 4 is 49.1 Å². The monoisotopic (exact) mass is 489 g/mol. The van der Waals surface area contributed by atoms with Gasteiger partial charge < -0.3 is 5.32 Å². The first-order valence-electron chi connectivity index (χ1n) is 10.9. The fraction of sp³-hybridized carbons (Fsp3) is 0.0345. The minimum absolute atomic E-state index is 0.314. The van der Waals surface area contributed by atoms with E-state index in [4.69, 9.17) is 9.98 Å². The molecule has 5 aromatic rings. The van der Waals surface area contributed by atoms with Crippen LogP contribution in [0.2, 0.25) is 0 Å². The second-order valence-electron chi connectivity index (χ2n) is 8.07. The summed E-state index contributed by atoms with van der Waals surface area (Å²) >= 11 is 3.69. The first-order valence-corrected chi connectivity index (χ1v) is 11.7. The van der Waals surface area contributed by atoms with Gasteiger partial charge in [-0.3, -0.25) is 0 Å². The van der Waals surface area contributed by atoms with Crippen LogP contribution in [0.5, 0.6) is 0 Å². The van der Waals surface area contributed by atoms with E-state index in [-0.39, 0.29) is 6.17 Å². The number of nitrogens with one attached hydrogen (secondary N) is 1. The lowest BCUT2D eigenvalue weighted by atomic mass is 10.0. The fourth-order valence-corrected chi connectivity index (χ4v) is 4.79. The molecule has 0 saturated carbocycles. The number of halogens is 1. The first-order chi connectivity index (χ1) is 16.3. The molecule has 4 heteroatoms. The van der Waals surface area contributed by atoms with E-state index >= 15 is 0 Å². The van der Waals surface area contributed by atoms with Gasteiger partial charge in [-0.1, -0.05) is 107 Å². The zero-order valence-corrected chi connectivity index (χ0v) is 19.3. The van der Waals surface area contributed by atoms with Crippen molar-refractivity contribution in [2.45, 2.75) is 6.17 Å². The number of aliphatic imine (C=N–C) groups is 2. The van der Waals surface area contributed by atoms with Crippen molar-refractivity contribution in [1.82, 2.24) is 5.32 Å². The third-order valence-corrected chi connectivity index (χ3v) is 6.68. The van der Waals surface area contributed by atoms with Gasteiger partial charge in [0.1, 0.15) is 11.7 Å². The minimum Gasteiger partial charge on any atom is -0.324 e. The molecule has 0 amide bonds. The lowest BCUT2D eigenvalue weighted by Gasteiger charge is -2.23. The molecule has 6 rings (SSSR count). The van der Waals surface area contributed by atoms with Crippen LogP contribution in [0.1, 0.15) is 22.9 Å². The van der Waals surface area contributed by atoms with E-state index in [9.17, 15) is 0 Å². The van der Waals surface area contributed by atoms with Crippen LogP contribution in [-0.2, 0) is 0 Å². The van der Waals surface area contributed by atoms with Crippen molar-refractivity contribution in [2.24, 2.45) is 9.98 Å². The fourth-order valence-electron chi connectivity index (χ4n) is 4.31. The molecule has 1 heterocycles. The van der Waals surface area contributed by atoms with Gasteiger partial charge in [0, 0.05) is 15.6 Å². The molecule has 1 N–H and O–H groups in total. The van der Waals surface area contributed by atoms with E-state index < -0.39 is 0 Å². The molecule has 33 heavy (non-hydrogen) atoms. The molecule has 1 unspecified atom stereocenters. The Morgan fingerprint density at radius 1 is 0.606 bits per heavy atom. The molecule has 5 aromatic carbocycles. The average Bonchev–Trinajstić information content (AvgIpc) is 2.89. The summed E-state index contributed by atoms with van der Waals surface area (Å²) in [6, 6.07) is 37.7. The molecule has 0 saturated heterocycles. The highest BCUT2D eigenvalue weighted by Crippen LogP contribution is 2.30. The number of benzene rings is 5. The number of hydrogen-bond donors (Lipinski definition) is 1. The summed E-state index contributed by atoms with van der Waals surface area (Å²) in [6.45, 7) is 0. The standard InChI is InChI=1S/C29H20BrN3/c30-26-17-16-25(23-12-6-7-13-24(23)26)29-32-27(20-9-2-1-3-10-20)31-28(33-29)22-15-14-19-8-4-5-11-21(19)18-22/h1-18,27H,(H,31,32,33). The summed E-state index contributed by atoms with van der Waals surface area (Å²) in [5.74, 6) is 1.65. The minimum atomic E-state index is -0.314. The second-order valence-corrected chi connectivity index (χ2v) is 8.92. The molecular formula is C29H20BrN3. The van der Waals surface area contributed by atoms with Crippen LogP contribution < -0.4 is 5.32 Å². The summed E-state index contributed by atoms with van der Waals surface area (Å²) in [6.07, 6.45) is -0.314. The van der Waals surface area contributed by atoms with Gasteiger partial charge in [-0.25, -0.2) is 9.98 Å². The molecule has 0 bridgehead atoms. The van der Waals surface area contributed by atoms with Crippen LogP contribution in [0.4, 0.5) is 0 Å². The van der Waals surface area contributed by atoms with Crippen LogP contribution in [-0.4, -0.2) is 11.7 Å². The van der Waals surface area contributed by atoms with Crippen molar-refractivity contribution in [3.8, 4) is 0 Å². The quantitative estimate of drug-likeness (QED) is 0.284. The summed E-state index contributed by atoms with van der Waals surface area (Å²) in [7, 11) is 0. The Balaban J connectivity index is 1.51. The maximum Gasteiger partial charge on any atom is 0.169 e. The predicted molar refractivity (Wildman–Crippen MR) is 141 cm³/mol. The van der Waals surface area contributed by atoms with Crippen molar-refractivity contribution < 1.29 is 0 Å². The van der Waals surface area contributed by atoms with Crippen LogP contribution in [0, 0.1) is 0 Å². The molecule has 1 aliphatic heterocycles. The number of rotatable bonds is 3. The molecule has 0 fully saturated rings. The van der Waals surface area contributed by atoms with Gasteiger partial charge in [0.15, 0.2) is 6.17 Å². The van der Waals surface area contributed by atoms with E-state index in [1.54, 1.807) is 0 Å². The van der Waals surface area contributed by atoms with Crippen molar-refractivity contribution in [3.05, 3.63) is 130 Å². The molecule has 1 aliphatic rings. The molecule has 0 aliphatic carbocycles. The zero-order valence-electron chi connectivity index (χ0n) is 17.7. The van der Waals surface area contributed by atoms with Gasteiger partial charge in [0.25, 0.3) is 0 Å². The van der Waals surface area contributed by atoms with E-state index in [1.165, 1.54) is 10.8 Å². The Labute approximate surface area is 200 Å². The molecule has 158 valence electrons. The topological polar surface area (TPSA) is 36.8 Å². The van der Waals surface area contributed by atoms with E-state index in [0.29, 0.717) is 0 Å². The van der Waals surface area contributed by atoms with Crippen LogP contribution in [0.15, 0.2) is 124 Å². The number of nitrogens with zero attached hydrogens (tertiary/aromatic N) is 2. The predicted octanol–water partition coefficient (Wildman–Crippen LogP) is 7.25. The van der Waals surface area contributed by atoms with Crippen molar-refractivity contribution in [2.75, 3.05) is 0 Å². The van der Waals surface area contributed by atoms with Gasteiger partial charge in [0.2, 0.25) is 0 Å². The molecule has 0 aromatic heterocycles. The summed E-state index contributed by atoms with van der Waals surface area (Å²) < 4.78 is 1.07. The zero-order chi connectivity index (χ0) is 22.2. The Hall–Kier alpha value is -3.76. The van der Waals surface area contributed by atoms with Gasteiger partial charge >= 0.3 is 0 Å². The van der Waals surface area contributed by atoms with E-state index in [0.717, 1.165) is 43.6 Å². The average molecular weight is 490 g/mol. The Bertz CT molecular complexity index is 1550. The van der Waals surface area contributed by atoms with Crippen molar-refractivity contribution in [3.63, 3.8) is 0 Å². The second kappa shape index (κ2) is 8.30. The molecule has 1 atom stereocenters. The first kappa shape index (κ1) is 19.9. The lowest BCUT2D eigenvalue weighted by molar-refractivity contribution is 0.756. The third kappa shape index (κ3) is 3.73. The lowest BCUT2D eigenvalue weighted by Crippen LogP contribution is -2.36. The highest BCUT2D eigenvalue weighted by molar-refractivity contribution is 9.10. The summed E-state index contributed by atoms with van der Waals surface area (Å²) in [5, 5.41) is 8.25. The maximum absolute atomic E-state index is 5.04. The molecule has 0 radical (unpaired) electrons. The Morgan fingerprint density at radius 3 is 2.15 bits per heavy atom. The smallest absolute Gasteiger partial charge is 0.169 e. The largest absolute Gasteiger partial charge is 0.324 e. The maximum atomic E-state index is 5.04. The van der Waals surface area contributed by atoms with Gasteiger partial charge in [-0.05, 0) is 45.3 Å². The normalized spacial score (nSPS) is 15.7. The number of hydrogen-bond acceptors (Lipinski definition) is 3. The third-order valence-electron chi connectivity index (χ3n) is 5.99. The summed E-state index contributed by atoms with van der Waals surface area (Å²) in [4.78, 5) is 10.1. The SMILES string of the molecule is Brc1ccc(C2=NC(c3ccccc3)N=C(c3ccc4ccccc4c3)N2)c2ccccc12. The highest BCUT2D eigenvalue weighted by Gasteiger charge is 2.22. The van der Waals surface area contributed by atoms with Crippen molar-refractivity contribution in [1.29, 1.82) is 0 Å². The summed E-state index contributed by atoms with van der Waals surface area (Å²) in [5.41, 5.74) is 3.17. The highest BCUT2D eigenvalue weighted by atomic mass is 79.9. The van der Waals surface area contributed by atoms with Crippen LogP contribution in [0.25, 0.3) is 21.5 Å². The molecule has 0 spiro atoms. The Morgan fingerprint density at radius 2 is 1.30 bits per heavy atom. The van der Waals surface area contributed by atoms with Crippen LogP contribution >= 0.6 is 15.9 Å². The molecule has 3 nitrogen and oxygen atoms in total.